The molecule has 2 fully saturated rings. The predicted octanol–water partition coefficient (Wildman–Crippen LogP) is 3.86. The van der Waals surface area contributed by atoms with Gasteiger partial charge in [-0.3, -0.25) is 0 Å². The third-order valence-electron chi connectivity index (χ3n) is 4.59. The quantitative estimate of drug-likeness (QED) is 0.749. The summed E-state index contributed by atoms with van der Waals surface area (Å²) in [6, 6.07) is 5.10. The van der Waals surface area contributed by atoms with Crippen LogP contribution in [0.15, 0.2) is 12.1 Å². The third kappa shape index (κ3) is 4.70. The lowest BCUT2D eigenvalue weighted by molar-refractivity contribution is 0.217. The molecule has 3 heteroatoms. The first-order valence-corrected chi connectivity index (χ1v) is 8.69. The van der Waals surface area contributed by atoms with E-state index in [-0.39, 0.29) is 0 Å². The van der Waals surface area contributed by atoms with E-state index in [4.69, 9.17) is 4.74 Å². The molecule has 0 radical (unpaired) electrons. The van der Waals surface area contributed by atoms with Crippen LogP contribution in [0.5, 0.6) is 5.88 Å². The molecule has 1 aromatic rings. The molecule has 3 rings (SSSR count). The summed E-state index contributed by atoms with van der Waals surface area (Å²) in [7, 11) is 0. The molecule has 0 aliphatic heterocycles. The first-order chi connectivity index (χ1) is 10.3. The summed E-state index contributed by atoms with van der Waals surface area (Å²) in [5.41, 5.74) is 2.49. The number of aryl methyl sites for hydroxylation is 1. The van der Waals surface area contributed by atoms with Crippen molar-refractivity contribution >= 4 is 0 Å². The number of rotatable bonds is 9. The molecular weight excluding hydrogens is 260 g/mol. The normalized spacial score (nSPS) is 18.5. The lowest BCUT2D eigenvalue weighted by Gasteiger charge is -2.24. The van der Waals surface area contributed by atoms with Crippen LogP contribution in [0.4, 0.5) is 0 Å². The molecule has 0 aromatic carbocycles. The van der Waals surface area contributed by atoms with Gasteiger partial charge < -0.3 is 10.1 Å². The topological polar surface area (TPSA) is 34.1 Å². The summed E-state index contributed by atoms with van der Waals surface area (Å²) in [5.74, 6) is 1.73. The summed E-state index contributed by atoms with van der Waals surface area (Å²) >= 11 is 0. The van der Waals surface area contributed by atoms with Crippen molar-refractivity contribution in [2.75, 3.05) is 6.61 Å². The minimum Gasteiger partial charge on any atom is -0.478 e. The van der Waals surface area contributed by atoms with Crippen LogP contribution in [-0.2, 0) is 13.0 Å². The average molecular weight is 288 g/mol. The summed E-state index contributed by atoms with van der Waals surface area (Å²) in [6.07, 6.45) is 10.2. The van der Waals surface area contributed by atoms with Crippen molar-refractivity contribution in [1.82, 2.24) is 10.3 Å². The lowest BCUT2D eigenvalue weighted by atomic mass is 9.83. The number of aromatic nitrogens is 1. The van der Waals surface area contributed by atoms with E-state index in [2.05, 4.69) is 29.4 Å². The van der Waals surface area contributed by atoms with Gasteiger partial charge in [-0.15, -0.1) is 0 Å². The third-order valence-corrected chi connectivity index (χ3v) is 4.59. The molecule has 116 valence electrons. The number of nitrogens with zero attached hydrogens (tertiary/aromatic N) is 1. The summed E-state index contributed by atoms with van der Waals surface area (Å²) in [5, 5.41) is 3.58. The highest BCUT2D eigenvalue weighted by molar-refractivity contribution is 5.25. The van der Waals surface area contributed by atoms with Gasteiger partial charge in [-0.2, -0.15) is 0 Å². The zero-order valence-electron chi connectivity index (χ0n) is 13.2. The van der Waals surface area contributed by atoms with Crippen LogP contribution in [0.25, 0.3) is 0 Å². The van der Waals surface area contributed by atoms with E-state index in [9.17, 15) is 0 Å². The second kappa shape index (κ2) is 7.26. The van der Waals surface area contributed by atoms with Gasteiger partial charge in [0, 0.05) is 24.3 Å². The van der Waals surface area contributed by atoms with Gasteiger partial charge in [-0.05, 0) is 43.2 Å². The lowest BCUT2D eigenvalue weighted by Crippen LogP contribution is -2.16. The Morgan fingerprint density at radius 3 is 2.76 bits per heavy atom. The van der Waals surface area contributed by atoms with Crippen molar-refractivity contribution in [3.05, 3.63) is 23.4 Å². The smallest absolute Gasteiger partial charge is 0.213 e. The minimum atomic E-state index is 0.746. The summed E-state index contributed by atoms with van der Waals surface area (Å²) in [6.45, 7) is 3.97. The van der Waals surface area contributed by atoms with Crippen LogP contribution in [0.3, 0.4) is 0 Å². The molecule has 0 spiro atoms. The number of pyridine rings is 1. The molecule has 0 atom stereocenters. The maximum Gasteiger partial charge on any atom is 0.213 e. The highest BCUT2D eigenvalue weighted by Gasteiger charge is 2.20. The van der Waals surface area contributed by atoms with Crippen LogP contribution in [0.1, 0.15) is 63.1 Å². The summed E-state index contributed by atoms with van der Waals surface area (Å²) < 4.78 is 5.92. The molecule has 2 aliphatic rings. The maximum absolute atomic E-state index is 5.92. The van der Waals surface area contributed by atoms with Crippen LogP contribution in [0, 0.1) is 5.92 Å². The molecule has 0 amide bonds. The summed E-state index contributed by atoms with van der Waals surface area (Å²) in [4.78, 5) is 4.66. The number of hydrogen-bond acceptors (Lipinski definition) is 3. The fourth-order valence-electron chi connectivity index (χ4n) is 2.84. The largest absolute Gasteiger partial charge is 0.478 e. The highest BCUT2D eigenvalue weighted by Crippen LogP contribution is 2.29. The van der Waals surface area contributed by atoms with Crippen molar-refractivity contribution in [3.8, 4) is 5.88 Å². The Bertz CT molecular complexity index is 453. The van der Waals surface area contributed by atoms with E-state index in [0.717, 1.165) is 43.8 Å². The van der Waals surface area contributed by atoms with E-state index < -0.39 is 0 Å². The van der Waals surface area contributed by atoms with Gasteiger partial charge in [0.1, 0.15) is 0 Å². The zero-order chi connectivity index (χ0) is 14.5. The van der Waals surface area contributed by atoms with Gasteiger partial charge in [0.2, 0.25) is 5.88 Å². The van der Waals surface area contributed by atoms with Crippen LogP contribution in [-0.4, -0.2) is 17.6 Å². The SMILES string of the molecule is CCCc1cc(CNC2CC2)cc(OCCC2CCC2)n1. The minimum absolute atomic E-state index is 0.746. The standard InChI is InChI=1S/C18H28N2O/c1-2-4-17-11-15(13-19-16-7-8-16)12-18(20-17)21-10-9-14-5-3-6-14/h11-12,14,16,19H,2-10,13H2,1H3. The molecule has 3 nitrogen and oxygen atoms in total. The van der Waals surface area contributed by atoms with E-state index in [0.29, 0.717) is 0 Å². The van der Waals surface area contributed by atoms with Gasteiger partial charge in [0.15, 0.2) is 0 Å². The Morgan fingerprint density at radius 1 is 1.24 bits per heavy atom. The van der Waals surface area contributed by atoms with Gasteiger partial charge in [-0.1, -0.05) is 32.6 Å². The number of nitrogens with one attached hydrogen (secondary N) is 1. The van der Waals surface area contributed by atoms with Gasteiger partial charge >= 0.3 is 0 Å². The van der Waals surface area contributed by atoms with Crippen LogP contribution in [0.2, 0.25) is 0 Å². The highest BCUT2D eigenvalue weighted by atomic mass is 16.5. The fourth-order valence-corrected chi connectivity index (χ4v) is 2.84. The van der Waals surface area contributed by atoms with E-state index in [1.54, 1.807) is 0 Å². The molecule has 2 aliphatic carbocycles. The molecule has 0 bridgehead atoms. The Labute approximate surface area is 128 Å². The van der Waals surface area contributed by atoms with Crippen molar-refractivity contribution in [2.45, 2.75) is 70.9 Å². The Hall–Kier alpha value is -1.09. The van der Waals surface area contributed by atoms with E-state index >= 15 is 0 Å². The Morgan fingerprint density at radius 2 is 2.10 bits per heavy atom. The maximum atomic E-state index is 5.92. The fraction of sp³-hybridized carbons (Fsp3) is 0.722. The molecule has 2 saturated carbocycles. The van der Waals surface area contributed by atoms with Gasteiger partial charge in [0.25, 0.3) is 0 Å². The number of ether oxygens (including phenoxy) is 1. The molecule has 21 heavy (non-hydrogen) atoms. The first kappa shape index (κ1) is 14.8. The first-order valence-electron chi connectivity index (χ1n) is 8.69. The second-order valence-corrected chi connectivity index (χ2v) is 6.64. The van der Waals surface area contributed by atoms with Crippen molar-refractivity contribution in [2.24, 2.45) is 5.92 Å². The monoisotopic (exact) mass is 288 g/mol. The van der Waals surface area contributed by atoms with E-state index in [1.165, 1.54) is 49.8 Å². The molecular formula is C18H28N2O. The van der Waals surface area contributed by atoms with Gasteiger partial charge in [0.05, 0.1) is 6.61 Å². The molecule has 1 N–H and O–H groups in total. The number of hydrogen-bond donors (Lipinski definition) is 1. The average Bonchev–Trinajstić information content (AvgIpc) is 3.24. The van der Waals surface area contributed by atoms with Gasteiger partial charge in [-0.25, -0.2) is 4.98 Å². The predicted molar refractivity (Wildman–Crippen MR) is 85.5 cm³/mol. The molecule has 0 unspecified atom stereocenters. The van der Waals surface area contributed by atoms with Crippen LogP contribution < -0.4 is 10.1 Å². The van der Waals surface area contributed by atoms with Crippen molar-refractivity contribution < 1.29 is 4.74 Å². The Balaban J connectivity index is 1.55. The van der Waals surface area contributed by atoms with Crippen LogP contribution >= 0.6 is 0 Å². The molecule has 1 aromatic heterocycles. The zero-order valence-corrected chi connectivity index (χ0v) is 13.2. The van der Waals surface area contributed by atoms with E-state index in [1.807, 2.05) is 0 Å². The molecule has 0 saturated heterocycles. The second-order valence-electron chi connectivity index (χ2n) is 6.64. The molecule has 1 heterocycles. The Kier molecular flexibility index (Phi) is 5.13. The van der Waals surface area contributed by atoms with Crippen molar-refractivity contribution in [1.29, 1.82) is 0 Å². The van der Waals surface area contributed by atoms with Crippen molar-refractivity contribution in [3.63, 3.8) is 0 Å².